The number of primary amides is 2. The number of hydrogen-bond acceptors (Lipinski definition) is 4. The highest BCUT2D eigenvalue weighted by atomic mass is 16.2. The smallest absolute Gasteiger partial charge is 0.252 e. The van der Waals surface area contributed by atoms with Crippen LogP contribution in [-0.2, 0) is 4.79 Å². The fraction of sp³-hybridized carbons (Fsp3) is 0.333. The van der Waals surface area contributed by atoms with Gasteiger partial charge in [-0.05, 0) is 37.1 Å². The largest absolute Gasteiger partial charge is 0.368 e. The van der Waals surface area contributed by atoms with Gasteiger partial charge in [0.1, 0.15) is 5.54 Å². The number of aromatic nitrogens is 1. The molecule has 0 unspecified atom stereocenters. The standard InChI is InChI=1S/C21H24N4O3/c22-18(26)16-8-9-17(24-13-16)14-6-5-7-15(12-14)19(27)25-21(20(23)28)10-3-1-2-4-11-21/h5-9,12-13H,1-4,10-11H2,(H2,22,26)(H2,23,28)(H,25,27). The molecule has 0 aliphatic heterocycles. The van der Waals surface area contributed by atoms with E-state index < -0.39 is 17.4 Å². The molecule has 3 rings (SSSR count). The average molecular weight is 380 g/mol. The summed E-state index contributed by atoms with van der Waals surface area (Å²) in [5.41, 5.74) is 12.0. The van der Waals surface area contributed by atoms with Crippen molar-refractivity contribution >= 4 is 17.7 Å². The van der Waals surface area contributed by atoms with Crippen LogP contribution in [0, 0.1) is 0 Å². The van der Waals surface area contributed by atoms with Crippen LogP contribution in [0.2, 0.25) is 0 Å². The molecule has 1 saturated carbocycles. The molecule has 1 aliphatic rings. The number of rotatable bonds is 5. The number of nitrogens with two attached hydrogens (primary N) is 2. The number of carbonyl (C=O) groups excluding carboxylic acids is 3. The lowest BCUT2D eigenvalue weighted by Gasteiger charge is -2.30. The van der Waals surface area contributed by atoms with Crippen LogP contribution in [0.3, 0.4) is 0 Å². The van der Waals surface area contributed by atoms with Gasteiger partial charge in [-0.15, -0.1) is 0 Å². The molecule has 0 saturated heterocycles. The summed E-state index contributed by atoms with van der Waals surface area (Å²) in [4.78, 5) is 40.4. The summed E-state index contributed by atoms with van der Waals surface area (Å²) in [7, 11) is 0. The van der Waals surface area contributed by atoms with E-state index in [1.54, 1.807) is 30.3 Å². The summed E-state index contributed by atoms with van der Waals surface area (Å²) in [5, 5.41) is 2.90. The molecule has 1 aromatic carbocycles. The molecular formula is C21H24N4O3. The molecule has 146 valence electrons. The molecule has 1 aromatic heterocycles. The van der Waals surface area contributed by atoms with Crippen molar-refractivity contribution in [1.29, 1.82) is 0 Å². The molecule has 7 heteroatoms. The highest BCUT2D eigenvalue weighted by Gasteiger charge is 2.38. The first-order valence-corrected chi connectivity index (χ1v) is 9.40. The van der Waals surface area contributed by atoms with Gasteiger partial charge >= 0.3 is 0 Å². The van der Waals surface area contributed by atoms with Crippen molar-refractivity contribution in [3.8, 4) is 11.3 Å². The Morgan fingerprint density at radius 1 is 0.929 bits per heavy atom. The van der Waals surface area contributed by atoms with E-state index in [9.17, 15) is 14.4 Å². The van der Waals surface area contributed by atoms with Crippen molar-refractivity contribution in [2.24, 2.45) is 11.5 Å². The molecule has 28 heavy (non-hydrogen) atoms. The SMILES string of the molecule is NC(=O)c1ccc(-c2cccc(C(=O)NC3(C(N)=O)CCCCCC3)c2)nc1. The fourth-order valence-electron chi connectivity index (χ4n) is 3.58. The van der Waals surface area contributed by atoms with Gasteiger partial charge in [0.15, 0.2) is 0 Å². The zero-order chi connectivity index (χ0) is 20.1. The van der Waals surface area contributed by atoms with E-state index >= 15 is 0 Å². The predicted octanol–water partition coefficient (Wildman–Crippen LogP) is 2.16. The van der Waals surface area contributed by atoms with E-state index in [-0.39, 0.29) is 5.91 Å². The van der Waals surface area contributed by atoms with E-state index in [0.29, 0.717) is 29.7 Å². The quantitative estimate of drug-likeness (QED) is 0.687. The molecular weight excluding hydrogens is 356 g/mol. The van der Waals surface area contributed by atoms with Crippen LogP contribution >= 0.6 is 0 Å². The van der Waals surface area contributed by atoms with Gasteiger partial charge in [-0.1, -0.05) is 37.8 Å². The monoisotopic (exact) mass is 380 g/mol. The second kappa shape index (κ2) is 8.21. The van der Waals surface area contributed by atoms with E-state index in [0.717, 1.165) is 31.2 Å². The first kappa shape index (κ1) is 19.5. The van der Waals surface area contributed by atoms with Crippen molar-refractivity contribution in [2.75, 3.05) is 0 Å². The summed E-state index contributed by atoms with van der Waals surface area (Å²) in [5.74, 6) is -1.37. The maximum absolute atomic E-state index is 12.9. The van der Waals surface area contributed by atoms with Crippen LogP contribution < -0.4 is 16.8 Å². The van der Waals surface area contributed by atoms with Crippen molar-refractivity contribution in [2.45, 2.75) is 44.1 Å². The Morgan fingerprint density at radius 2 is 1.64 bits per heavy atom. The minimum Gasteiger partial charge on any atom is -0.368 e. The number of carbonyl (C=O) groups is 3. The summed E-state index contributed by atoms with van der Waals surface area (Å²) in [6.07, 6.45) is 6.31. The molecule has 0 bridgehead atoms. The normalized spacial score (nSPS) is 16.0. The topological polar surface area (TPSA) is 128 Å². The van der Waals surface area contributed by atoms with Crippen LogP contribution in [0.5, 0.6) is 0 Å². The Hall–Kier alpha value is -3.22. The third-order valence-electron chi connectivity index (χ3n) is 5.25. The second-order valence-corrected chi connectivity index (χ2v) is 7.19. The summed E-state index contributed by atoms with van der Waals surface area (Å²) >= 11 is 0. The number of hydrogen-bond donors (Lipinski definition) is 3. The molecule has 2 aromatic rings. The number of nitrogens with one attached hydrogen (secondary N) is 1. The Balaban J connectivity index is 1.83. The Bertz CT molecular complexity index is 885. The van der Waals surface area contributed by atoms with E-state index in [1.807, 2.05) is 6.07 Å². The van der Waals surface area contributed by atoms with Crippen LogP contribution in [0.25, 0.3) is 11.3 Å². The minimum atomic E-state index is -0.995. The number of benzene rings is 1. The Labute approximate surface area is 163 Å². The van der Waals surface area contributed by atoms with Crippen LogP contribution in [0.4, 0.5) is 0 Å². The predicted molar refractivity (Wildman–Crippen MR) is 105 cm³/mol. The maximum Gasteiger partial charge on any atom is 0.252 e. The zero-order valence-corrected chi connectivity index (χ0v) is 15.6. The molecule has 0 atom stereocenters. The molecule has 3 amide bonds. The first-order valence-electron chi connectivity index (χ1n) is 9.40. The number of pyridine rings is 1. The van der Waals surface area contributed by atoms with Gasteiger partial charge < -0.3 is 16.8 Å². The number of nitrogens with zero attached hydrogens (tertiary/aromatic N) is 1. The fourth-order valence-corrected chi connectivity index (χ4v) is 3.58. The Morgan fingerprint density at radius 3 is 2.21 bits per heavy atom. The minimum absolute atomic E-state index is 0.314. The van der Waals surface area contributed by atoms with Gasteiger partial charge in [-0.3, -0.25) is 19.4 Å². The highest BCUT2D eigenvalue weighted by Crippen LogP contribution is 2.28. The van der Waals surface area contributed by atoms with Gasteiger partial charge in [0, 0.05) is 17.3 Å². The summed E-state index contributed by atoms with van der Waals surface area (Å²) in [6.45, 7) is 0. The van der Waals surface area contributed by atoms with Crippen molar-refractivity contribution in [3.05, 3.63) is 53.7 Å². The van der Waals surface area contributed by atoms with Gasteiger partial charge in [-0.2, -0.15) is 0 Å². The molecule has 5 N–H and O–H groups in total. The molecule has 1 heterocycles. The molecule has 1 aliphatic carbocycles. The second-order valence-electron chi connectivity index (χ2n) is 7.19. The lowest BCUT2D eigenvalue weighted by molar-refractivity contribution is -0.124. The Kier molecular flexibility index (Phi) is 5.73. The van der Waals surface area contributed by atoms with E-state index in [4.69, 9.17) is 11.5 Å². The molecule has 0 radical (unpaired) electrons. The lowest BCUT2D eigenvalue weighted by Crippen LogP contribution is -2.57. The van der Waals surface area contributed by atoms with Crippen LogP contribution in [-0.4, -0.2) is 28.2 Å². The van der Waals surface area contributed by atoms with Gasteiger partial charge in [0.05, 0.1) is 11.3 Å². The summed E-state index contributed by atoms with van der Waals surface area (Å²) < 4.78 is 0. The van der Waals surface area contributed by atoms with Crippen LogP contribution in [0.15, 0.2) is 42.6 Å². The van der Waals surface area contributed by atoms with Gasteiger partial charge in [0.2, 0.25) is 11.8 Å². The van der Waals surface area contributed by atoms with E-state index in [2.05, 4.69) is 10.3 Å². The molecule has 0 spiro atoms. The van der Waals surface area contributed by atoms with Crippen LogP contribution in [0.1, 0.15) is 59.2 Å². The van der Waals surface area contributed by atoms with Crippen molar-refractivity contribution in [3.63, 3.8) is 0 Å². The highest BCUT2D eigenvalue weighted by molar-refractivity contribution is 5.99. The van der Waals surface area contributed by atoms with Gasteiger partial charge in [0.25, 0.3) is 5.91 Å². The summed E-state index contributed by atoms with van der Waals surface area (Å²) in [6, 6.07) is 10.2. The first-order chi connectivity index (χ1) is 13.4. The lowest BCUT2D eigenvalue weighted by atomic mass is 9.89. The third kappa shape index (κ3) is 4.19. The number of amides is 3. The maximum atomic E-state index is 12.9. The average Bonchev–Trinajstić information content (AvgIpc) is 2.94. The molecule has 7 nitrogen and oxygen atoms in total. The molecule has 1 fully saturated rings. The zero-order valence-electron chi connectivity index (χ0n) is 15.6. The van der Waals surface area contributed by atoms with Crippen molar-refractivity contribution < 1.29 is 14.4 Å². The van der Waals surface area contributed by atoms with Crippen molar-refractivity contribution in [1.82, 2.24) is 10.3 Å². The third-order valence-corrected chi connectivity index (χ3v) is 5.25. The van der Waals surface area contributed by atoms with Gasteiger partial charge in [-0.25, -0.2) is 0 Å². The van der Waals surface area contributed by atoms with E-state index in [1.165, 1.54) is 6.20 Å².